The van der Waals surface area contributed by atoms with Gasteiger partial charge < -0.3 is 5.73 Å². The summed E-state index contributed by atoms with van der Waals surface area (Å²) in [4.78, 5) is 20.4. The summed E-state index contributed by atoms with van der Waals surface area (Å²) in [6.07, 6.45) is 1.63. The largest absolute Gasteiger partial charge is 0.386 e. The van der Waals surface area contributed by atoms with Gasteiger partial charge in [-0.15, -0.1) is 22.9 Å². The molecular formula is C13H13ClN4OS. The van der Waals surface area contributed by atoms with Gasteiger partial charge in [0.25, 0.3) is 5.91 Å². The molecule has 0 saturated heterocycles. The number of alkyl halides is 1. The molecule has 0 bridgehead atoms. The molecule has 2 aromatic rings. The van der Waals surface area contributed by atoms with Gasteiger partial charge >= 0.3 is 0 Å². The van der Waals surface area contributed by atoms with Gasteiger partial charge in [0.05, 0.1) is 11.6 Å². The summed E-state index contributed by atoms with van der Waals surface area (Å²) in [6, 6.07) is 5.27. The summed E-state index contributed by atoms with van der Waals surface area (Å²) in [5.41, 5.74) is 7.53. The van der Waals surface area contributed by atoms with Gasteiger partial charge in [0.15, 0.2) is 5.13 Å². The van der Waals surface area contributed by atoms with E-state index in [0.717, 1.165) is 5.56 Å². The minimum absolute atomic E-state index is 0.148. The number of nitrogens with one attached hydrogen (secondary N) is 1. The minimum Gasteiger partial charge on any atom is -0.386 e. The van der Waals surface area contributed by atoms with Gasteiger partial charge in [-0.3, -0.25) is 10.1 Å². The number of carbonyl (C=O) groups excluding carboxylic acids is 1. The van der Waals surface area contributed by atoms with Crippen molar-refractivity contribution in [3.05, 3.63) is 40.9 Å². The summed E-state index contributed by atoms with van der Waals surface area (Å²) in [7, 11) is 0. The standard InChI is InChI=1S/C13H13ClN4OS/c1-8-9(12(19)18-13-16-5-6-20-13)3-2-4-10(8)17-11(15)7-14/h2-6H,7H2,1H3,(H2,15,17)(H,16,18,19). The number of thiazole rings is 1. The number of hydrogen-bond acceptors (Lipinski definition) is 4. The molecule has 0 aliphatic rings. The molecule has 0 unspecified atom stereocenters. The fourth-order valence-electron chi connectivity index (χ4n) is 1.62. The normalized spacial score (nSPS) is 11.4. The van der Waals surface area contributed by atoms with Crippen LogP contribution in [0.1, 0.15) is 15.9 Å². The first-order valence-corrected chi connectivity index (χ1v) is 7.22. The molecule has 20 heavy (non-hydrogen) atoms. The van der Waals surface area contributed by atoms with E-state index in [0.29, 0.717) is 22.2 Å². The Morgan fingerprint density at radius 3 is 3.00 bits per heavy atom. The smallest absolute Gasteiger partial charge is 0.257 e. The molecule has 1 heterocycles. The number of aliphatic imine (C=N–C) groups is 1. The fraction of sp³-hybridized carbons (Fsp3) is 0.154. The molecule has 0 saturated carbocycles. The third-order valence-electron chi connectivity index (χ3n) is 2.60. The van der Waals surface area contributed by atoms with Gasteiger partial charge in [-0.25, -0.2) is 9.98 Å². The summed E-state index contributed by atoms with van der Waals surface area (Å²) in [5, 5.41) is 5.09. The molecule has 3 N–H and O–H groups in total. The second kappa shape index (κ2) is 6.49. The van der Waals surface area contributed by atoms with Crippen LogP contribution in [0.5, 0.6) is 0 Å². The Morgan fingerprint density at radius 2 is 2.35 bits per heavy atom. The molecule has 2 rings (SSSR count). The number of aromatic nitrogens is 1. The van der Waals surface area contributed by atoms with E-state index in [-0.39, 0.29) is 11.8 Å². The number of amides is 1. The van der Waals surface area contributed by atoms with E-state index in [1.807, 2.05) is 6.92 Å². The van der Waals surface area contributed by atoms with Crippen LogP contribution < -0.4 is 11.1 Å². The van der Waals surface area contributed by atoms with Crippen molar-refractivity contribution in [3.8, 4) is 0 Å². The van der Waals surface area contributed by atoms with Crippen LogP contribution in [0, 0.1) is 6.92 Å². The lowest BCUT2D eigenvalue weighted by molar-refractivity contribution is 0.102. The minimum atomic E-state index is -0.223. The van der Waals surface area contributed by atoms with Gasteiger partial charge in [0.1, 0.15) is 5.84 Å². The number of halogens is 1. The van der Waals surface area contributed by atoms with Gasteiger partial charge in [0.2, 0.25) is 0 Å². The number of nitrogens with two attached hydrogens (primary N) is 1. The molecule has 104 valence electrons. The first-order chi connectivity index (χ1) is 9.61. The highest BCUT2D eigenvalue weighted by Crippen LogP contribution is 2.23. The second-order valence-electron chi connectivity index (χ2n) is 3.98. The monoisotopic (exact) mass is 308 g/mol. The highest BCUT2D eigenvalue weighted by atomic mass is 35.5. The summed E-state index contributed by atoms with van der Waals surface area (Å²) >= 11 is 6.97. The molecule has 5 nitrogen and oxygen atoms in total. The number of anilines is 1. The number of rotatable bonds is 4. The zero-order valence-corrected chi connectivity index (χ0v) is 12.3. The van der Waals surface area contributed by atoms with Crippen LogP contribution in [0.25, 0.3) is 0 Å². The van der Waals surface area contributed by atoms with E-state index >= 15 is 0 Å². The highest BCUT2D eigenvalue weighted by Gasteiger charge is 2.12. The number of hydrogen-bond donors (Lipinski definition) is 2. The van der Waals surface area contributed by atoms with Crippen LogP contribution in [0.2, 0.25) is 0 Å². The molecule has 0 spiro atoms. The number of benzene rings is 1. The molecular weight excluding hydrogens is 296 g/mol. The average Bonchev–Trinajstić information content (AvgIpc) is 2.93. The van der Waals surface area contributed by atoms with Crippen molar-refractivity contribution >= 4 is 45.5 Å². The van der Waals surface area contributed by atoms with E-state index in [1.165, 1.54) is 11.3 Å². The Bertz CT molecular complexity index is 640. The van der Waals surface area contributed by atoms with Crippen LogP contribution >= 0.6 is 22.9 Å². The molecule has 0 aliphatic heterocycles. The third-order valence-corrected chi connectivity index (χ3v) is 3.57. The van der Waals surface area contributed by atoms with Crippen molar-refractivity contribution < 1.29 is 4.79 Å². The Hall–Kier alpha value is -1.92. The first-order valence-electron chi connectivity index (χ1n) is 5.81. The maximum atomic E-state index is 12.2. The van der Waals surface area contributed by atoms with Crippen molar-refractivity contribution in [3.63, 3.8) is 0 Å². The van der Waals surface area contributed by atoms with E-state index in [2.05, 4.69) is 15.3 Å². The van der Waals surface area contributed by atoms with Crippen LogP contribution in [-0.2, 0) is 0 Å². The molecule has 1 aromatic carbocycles. The lowest BCUT2D eigenvalue weighted by Crippen LogP contribution is -2.14. The molecule has 1 amide bonds. The van der Waals surface area contributed by atoms with Gasteiger partial charge in [0, 0.05) is 17.1 Å². The van der Waals surface area contributed by atoms with Crippen molar-refractivity contribution in [1.82, 2.24) is 4.98 Å². The summed E-state index contributed by atoms with van der Waals surface area (Å²) in [6.45, 7) is 1.82. The van der Waals surface area contributed by atoms with Gasteiger partial charge in [-0.05, 0) is 24.6 Å². The van der Waals surface area contributed by atoms with Crippen LogP contribution in [0.15, 0.2) is 34.8 Å². The molecule has 1 aromatic heterocycles. The van der Waals surface area contributed by atoms with Crippen molar-refractivity contribution in [2.24, 2.45) is 10.7 Å². The molecule has 0 fully saturated rings. The predicted octanol–water partition coefficient (Wildman–Crippen LogP) is 2.93. The van der Waals surface area contributed by atoms with E-state index < -0.39 is 0 Å². The lowest BCUT2D eigenvalue weighted by Gasteiger charge is -2.08. The molecule has 7 heteroatoms. The Balaban J connectivity index is 2.28. The van der Waals surface area contributed by atoms with Crippen molar-refractivity contribution in [2.45, 2.75) is 6.92 Å². The van der Waals surface area contributed by atoms with Crippen LogP contribution in [0.4, 0.5) is 10.8 Å². The Kier molecular flexibility index (Phi) is 4.70. The van der Waals surface area contributed by atoms with E-state index in [4.69, 9.17) is 17.3 Å². The number of amidine groups is 1. The van der Waals surface area contributed by atoms with E-state index in [9.17, 15) is 4.79 Å². The lowest BCUT2D eigenvalue weighted by atomic mass is 10.1. The summed E-state index contributed by atoms with van der Waals surface area (Å²) < 4.78 is 0. The molecule has 0 aliphatic carbocycles. The maximum absolute atomic E-state index is 12.2. The number of carbonyl (C=O) groups is 1. The molecule has 0 atom stereocenters. The maximum Gasteiger partial charge on any atom is 0.257 e. The number of nitrogens with zero attached hydrogens (tertiary/aromatic N) is 2. The van der Waals surface area contributed by atoms with E-state index in [1.54, 1.807) is 29.8 Å². The van der Waals surface area contributed by atoms with Crippen LogP contribution in [0.3, 0.4) is 0 Å². The third kappa shape index (κ3) is 3.34. The zero-order valence-electron chi connectivity index (χ0n) is 10.8. The van der Waals surface area contributed by atoms with Crippen molar-refractivity contribution in [2.75, 3.05) is 11.2 Å². The fourth-order valence-corrected chi connectivity index (χ4v) is 2.21. The van der Waals surface area contributed by atoms with Crippen LogP contribution in [-0.4, -0.2) is 22.6 Å². The summed E-state index contributed by atoms with van der Waals surface area (Å²) in [5.74, 6) is 0.237. The first kappa shape index (κ1) is 14.5. The second-order valence-corrected chi connectivity index (χ2v) is 5.14. The Morgan fingerprint density at radius 1 is 1.55 bits per heavy atom. The highest BCUT2D eigenvalue weighted by molar-refractivity contribution is 7.13. The molecule has 0 radical (unpaired) electrons. The van der Waals surface area contributed by atoms with Crippen molar-refractivity contribution in [1.29, 1.82) is 0 Å². The predicted molar refractivity (Wildman–Crippen MR) is 83.2 cm³/mol. The van der Waals surface area contributed by atoms with Gasteiger partial charge in [-0.2, -0.15) is 0 Å². The SMILES string of the molecule is Cc1c(N=C(N)CCl)cccc1C(=O)Nc1nccs1. The average molecular weight is 309 g/mol. The Labute approximate surface area is 125 Å². The quantitative estimate of drug-likeness (QED) is 0.517. The van der Waals surface area contributed by atoms with Gasteiger partial charge in [-0.1, -0.05) is 6.07 Å². The topological polar surface area (TPSA) is 80.4 Å². The zero-order chi connectivity index (χ0) is 14.5.